The number of sulfonamides is 1. The predicted octanol–water partition coefficient (Wildman–Crippen LogP) is 1.85. The minimum Gasteiger partial charge on any atom is -0.314 e. The van der Waals surface area contributed by atoms with Gasteiger partial charge in [0, 0.05) is 25.7 Å². The Morgan fingerprint density at radius 2 is 1.85 bits per heavy atom. The van der Waals surface area contributed by atoms with E-state index in [4.69, 9.17) is 0 Å². The van der Waals surface area contributed by atoms with Crippen LogP contribution in [-0.2, 0) is 10.0 Å². The van der Waals surface area contributed by atoms with Gasteiger partial charge >= 0.3 is 0 Å². The van der Waals surface area contributed by atoms with Gasteiger partial charge in [-0.1, -0.05) is 0 Å². The minimum atomic E-state index is -3.56. The van der Waals surface area contributed by atoms with Crippen molar-refractivity contribution >= 4 is 22.4 Å². The van der Waals surface area contributed by atoms with Crippen LogP contribution >= 0.6 is 12.4 Å². The van der Waals surface area contributed by atoms with Crippen LogP contribution in [-0.4, -0.2) is 38.4 Å². The molecule has 0 radical (unpaired) electrons. The second-order valence-electron chi connectivity index (χ2n) is 5.04. The van der Waals surface area contributed by atoms with Crippen LogP contribution in [0.4, 0.5) is 4.39 Å². The Kier molecular flexibility index (Phi) is 5.54. The molecule has 1 unspecified atom stereocenters. The van der Waals surface area contributed by atoms with Gasteiger partial charge in [0.2, 0.25) is 10.0 Å². The maximum atomic E-state index is 13.3. The molecule has 7 heteroatoms. The third-order valence-corrected chi connectivity index (χ3v) is 5.75. The number of hydrogen-bond acceptors (Lipinski definition) is 3. The lowest BCUT2D eigenvalue weighted by atomic mass is 10.1. The first-order valence-electron chi connectivity index (χ1n) is 6.33. The Morgan fingerprint density at radius 3 is 2.35 bits per heavy atom. The molecule has 2 rings (SSSR count). The summed E-state index contributed by atoms with van der Waals surface area (Å²) in [6.45, 7) is 6.87. The summed E-state index contributed by atoms with van der Waals surface area (Å²) in [5, 5.41) is 3.16. The van der Waals surface area contributed by atoms with Gasteiger partial charge in [0.15, 0.2) is 0 Å². The molecular weight excluding hydrogens is 303 g/mol. The van der Waals surface area contributed by atoms with E-state index in [2.05, 4.69) is 5.32 Å². The SMILES string of the molecule is Cc1cc(F)cc(C)c1S(=O)(=O)N1CCNCC1C.Cl. The van der Waals surface area contributed by atoms with Gasteiger partial charge in [-0.2, -0.15) is 4.31 Å². The van der Waals surface area contributed by atoms with Crippen molar-refractivity contribution in [1.82, 2.24) is 9.62 Å². The lowest BCUT2D eigenvalue weighted by Gasteiger charge is -2.33. The number of benzene rings is 1. The van der Waals surface area contributed by atoms with E-state index >= 15 is 0 Å². The monoisotopic (exact) mass is 322 g/mol. The molecule has 4 nitrogen and oxygen atoms in total. The van der Waals surface area contributed by atoms with Crippen LogP contribution in [0.2, 0.25) is 0 Å². The highest BCUT2D eigenvalue weighted by Crippen LogP contribution is 2.26. The zero-order valence-electron chi connectivity index (χ0n) is 11.8. The van der Waals surface area contributed by atoms with E-state index < -0.39 is 15.8 Å². The number of aryl methyl sites for hydroxylation is 2. The molecule has 1 atom stereocenters. The van der Waals surface area contributed by atoms with Crippen molar-refractivity contribution in [2.45, 2.75) is 31.7 Å². The van der Waals surface area contributed by atoms with Crippen LogP contribution in [0.3, 0.4) is 0 Å². The van der Waals surface area contributed by atoms with Crippen molar-refractivity contribution in [3.63, 3.8) is 0 Å². The Balaban J connectivity index is 0.00000200. The molecule has 0 aromatic heterocycles. The van der Waals surface area contributed by atoms with Gasteiger partial charge in [-0.3, -0.25) is 0 Å². The average molecular weight is 323 g/mol. The molecule has 1 heterocycles. The maximum absolute atomic E-state index is 13.3. The van der Waals surface area contributed by atoms with E-state index in [0.29, 0.717) is 30.8 Å². The lowest BCUT2D eigenvalue weighted by Crippen LogP contribution is -2.52. The summed E-state index contributed by atoms with van der Waals surface area (Å²) >= 11 is 0. The average Bonchev–Trinajstić information content (AvgIpc) is 2.27. The Morgan fingerprint density at radius 1 is 1.30 bits per heavy atom. The fourth-order valence-electron chi connectivity index (χ4n) is 2.60. The Bertz CT molecular complexity index is 569. The van der Waals surface area contributed by atoms with Crippen LogP contribution in [0, 0.1) is 19.7 Å². The van der Waals surface area contributed by atoms with E-state index in [9.17, 15) is 12.8 Å². The molecule has 1 N–H and O–H groups in total. The number of halogens is 2. The third-order valence-electron chi connectivity index (χ3n) is 3.43. The van der Waals surface area contributed by atoms with E-state index in [0.717, 1.165) is 0 Å². The summed E-state index contributed by atoms with van der Waals surface area (Å²) in [6, 6.07) is 2.45. The molecule has 0 amide bonds. The van der Waals surface area contributed by atoms with Crippen LogP contribution in [0.1, 0.15) is 18.1 Å². The highest BCUT2D eigenvalue weighted by Gasteiger charge is 2.33. The molecule has 0 bridgehead atoms. The largest absolute Gasteiger partial charge is 0.314 e. The van der Waals surface area contributed by atoms with Crippen molar-refractivity contribution in [2.75, 3.05) is 19.6 Å². The molecule has 1 aromatic carbocycles. The molecule has 1 aliphatic rings. The number of nitrogens with zero attached hydrogens (tertiary/aromatic N) is 1. The van der Waals surface area contributed by atoms with Crippen LogP contribution in [0.5, 0.6) is 0 Å². The summed E-state index contributed by atoms with van der Waals surface area (Å²) in [5.41, 5.74) is 0.923. The lowest BCUT2D eigenvalue weighted by molar-refractivity contribution is 0.283. The molecule has 1 aliphatic heterocycles. The zero-order chi connectivity index (χ0) is 14.2. The third kappa shape index (κ3) is 3.14. The number of hydrogen-bond donors (Lipinski definition) is 1. The first kappa shape index (κ1) is 17.4. The first-order chi connectivity index (χ1) is 8.84. The Hall–Kier alpha value is -0.690. The number of rotatable bonds is 2. The van der Waals surface area contributed by atoms with Gasteiger partial charge in [0.25, 0.3) is 0 Å². The Labute approximate surface area is 125 Å². The highest BCUT2D eigenvalue weighted by molar-refractivity contribution is 7.89. The molecule has 1 aromatic rings. The fourth-order valence-corrected chi connectivity index (χ4v) is 4.65. The first-order valence-corrected chi connectivity index (χ1v) is 7.77. The standard InChI is InChI=1S/C13H19FN2O2S.ClH/c1-9-6-12(14)7-10(2)13(9)19(17,18)16-5-4-15-8-11(16)3;/h6-7,11,15H,4-5,8H2,1-3H3;1H. The number of nitrogens with one attached hydrogen (secondary N) is 1. The normalized spacial score (nSPS) is 20.5. The quantitative estimate of drug-likeness (QED) is 0.904. The van der Waals surface area contributed by atoms with Crippen molar-refractivity contribution < 1.29 is 12.8 Å². The summed E-state index contributed by atoms with van der Waals surface area (Å²) in [6.07, 6.45) is 0. The van der Waals surface area contributed by atoms with Gasteiger partial charge in [-0.05, 0) is 44.0 Å². The van der Waals surface area contributed by atoms with Gasteiger partial charge in [-0.15, -0.1) is 12.4 Å². The topological polar surface area (TPSA) is 49.4 Å². The van der Waals surface area contributed by atoms with Crippen molar-refractivity contribution in [3.05, 3.63) is 29.1 Å². The van der Waals surface area contributed by atoms with Gasteiger partial charge in [0.05, 0.1) is 4.90 Å². The van der Waals surface area contributed by atoms with Crippen molar-refractivity contribution in [1.29, 1.82) is 0 Å². The molecule has 114 valence electrons. The summed E-state index contributed by atoms with van der Waals surface area (Å²) in [4.78, 5) is 0.239. The van der Waals surface area contributed by atoms with E-state index in [1.54, 1.807) is 13.8 Å². The molecular formula is C13H20ClFN2O2S. The summed E-state index contributed by atoms with van der Waals surface area (Å²) in [5.74, 6) is -0.401. The molecule has 1 fully saturated rings. The van der Waals surface area contributed by atoms with Crippen molar-refractivity contribution in [2.24, 2.45) is 0 Å². The number of piperazine rings is 1. The predicted molar refractivity (Wildman–Crippen MR) is 79.3 cm³/mol. The zero-order valence-corrected chi connectivity index (χ0v) is 13.4. The van der Waals surface area contributed by atoms with E-state index in [1.807, 2.05) is 6.92 Å². The molecule has 1 saturated heterocycles. The molecule has 0 spiro atoms. The maximum Gasteiger partial charge on any atom is 0.243 e. The molecule has 0 aliphatic carbocycles. The van der Waals surface area contributed by atoms with Gasteiger partial charge in [-0.25, -0.2) is 12.8 Å². The summed E-state index contributed by atoms with van der Waals surface area (Å²) < 4.78 is 40.2. The van der Waals surface area contributed by atoms with Crippen LogP contribution in [0.15, 0.2) is 17.0 Å². The smallest absolute Gasteiger partial charge is 0.243 e. The van der Waals surface area contributed by atoms with Crippen molar-refractivity contribution in [3.8, 4) is 0 Å². The second kappa shape index (κ2) is 6.39. The van der Waals surface area contributed by atoms with E-state index in [1.165, 1.54) is 16.4 Å². The minimum absolute atomic E-state index is 0. The highest BCUT2D eigenvalue weighted by atomic mass is 35.5. The fraction of sp³-hybridized carbons (Fsp3) is 0.538. The van der Waals surface area contributed by atoms with Gasteiger partial charge in [0.1, 0.15) is 5.82 Å². The second-order valence-corrected chi connectivity index (χ2v) is 6.87. The van der Waals surface area contributed by atoms with Gasteiger partial charge < -0.3 is 5.32 Å². The van der Waals surface area contributed by atoms with Crippen LogP contribution in [0.25, 0.3) is 0 Å². The summed E-state index contributed by atoms with van der Waals surface area (Å²) in [7, 11) is -3.56. The van der Waals surface area contributed by atoms with E-state index in [-0.39, 0.29) is 23.3 Å². The molecule has 20 heavy (non-hydrogen) atoms. The molecule has 0 saturated carbocycles. The van der Waals surface area contributed by atoms with Crippen LogP contribution < -0.4 is 5.32 Å².